The Labute approximate surface area is 159 Å². The van der Waals surface area contributed by atoms with Crippen LogP contribution >= 0.6 is 15.9 Å². The van der Waals surface area contributed by atoms with Gasteiger partial charge in [0.2, 0.25) is 0 Å². The van der Waals surface area contributed by atoms with Gasteiger partial charge in [-0.25, -0.2) is 13.1 Å². The molecule has 26 heavy (non-hydrogen) atoms. The lowest BCUT2D eigenvalue weighted by atomic mass is 10.2. The first-order valence-corrected chi connectivity index (χ1v) is 10.4. The second-order valence-electron chi connectivity index (χ2n) is 5.72. The van der Waals surface area contributed by atoms with E-state index in [4.69, 9.17) is 0 Å². The maximum absolute atomic E-state index is 12.5. The number of halogens is 1. The molecule has 0 fully saturated rings. The van der Waals surface area contributed by atoms with Crippen molar-refractivity contribution in [1.82, 2.24) is 9.78 Å². The summed E-state index contributed by atoms with van der Waals surface area (Å²) in [5, 5.41) is 7.02. The molecular formula is C18H16BrN3O3S. The van der Waals surface area contributed by atoms with Crippen LogP contribution in [0.5, 0.6) is 0 Å². The van der Waals surface area contributed by atoms with Crippen molar-refractivity contribution in [3.63, 3.8) is 0 Å². The molecule has 0 bridgehead atoms. The van der Waals surface area contributed by atoms with E-state index < -0.39 is 15.7 Å². The van der Waals surface area contributed by atoms with Crippen LogP contribution in [0.1, 0.15) is 15.9 Å². The molecule has 0 aliphatic heterocycles. The third-order valence-electron chi connectivity index (χ3n) is 3.76. The van der Waals surface area contributed by atoms with Gasteiger partial charge in [-0.1, -0.05) is 40.2 Å². The zero-order valence-corrected chi connectivity index (χ0v) is 16.3. The number of nitrogens with one attached hydrogen (secondary N) is 1. The molecular weight excluding hydrogens is 418 g/mol. The Balaban J connectivity index is 1.81. The molecule has 3 aromatic rings. The van der Waals surface area contributed by atoms with Gasteiger partial charge in [0.15, 0.2) is 9.84 Å². The Bertz CT molecular complexity index is 1060. The molecule has 0 atom stereocenters. The summed E-state index contributed by atoms with van der Waals surface area (Å²) < 4.78 is 25.9. The van der Waals surface area contributed by atoms with E-state index in [2.05, 4.69) is 26.3 Å². The summed E-state index contributed by atoms with van der Waals surface area (Å²) in [7, 11) is -3.38. The Morgan fingerprint density at radius 3 is 2.65 bits per heavy atom. The van der Waals surface area contributed by atoms with Crippen molar-refractivity contribution in [3.8, 4) is 0 Å². The van der Waals surface area contributed by atoms with Crippen LogP contribution in [0.15, 0.2) is 70.2 Å². The molecule has 2 aromatic carbocycles. The maximum Gasteiger partial charge on any atom is 0.256 e. The van der Waals surface area contributed by atoms with Crippen LogP contribution in [0.4, 0.5) is 5.82 Å². The van der Waals surface area contributed by atoms with E-state index in [1.807, 2.05) is 24.3 Å². The largest absolute Gasteiger partial charge is 0.307 e. The van der Waals surface area contributed by atoms with E-state index in [1.165, 1.54) is 12.1 Å². The van der Waals surface area contributed by atoms with Crippen LogP contribution in [-0.2, 0) is 16.4 Å². The van der Waals surface area contributed by atoms with Gasteiger partial charge < -0.3 is 5.32 Å². The molecule has 6 nitrogen and oxygen atoms in total. The summed E-state index contributed by atoms with van der Waals surface area (Å²) in [6.07, 6.45) is 2.70. The second kappa shape index (κ2) is 7.43. The fourth-order valence-corrected chi connectivity index (χ4v) is 3.49. The molecule has 134 valence electrons. The van der Waals surface area contributed by atoms with Gasteiger partial charge in [0.1, 0.15) is 5.82 Å². The monoisotopic (exact) mass is 433 g/mol. The molecule has 0 saturated heterocycles. The molecule has 0 saturated carbocycles. The number of amides is 1. The minimum Gasteiger partial charge on any atom is -0.307 e. The fraction of sp³-hybridized carbons (Fsp3) is 0.111. The van der Waals surface area contributed by atoms with Gasteiger partial charge in [-0.05, 0) is 29.8 Å². The molecule has 0 unspecified atom stereocenters. The SMILES string of the molecule is CS(=O)(=O)c1cccc(C(=O)Nc2ccnn2Cc2ccccc2Br)c1. The molecule has 0 spiro atoms. The first-order chi connectivity index (χ1) is 12.3. The number of hydrogen-bond acceptors (Lipinski definition) is 4. The van der Waals surface area contributed by atoms with Crippen molar-refractivity contribution in [2.45, 2.75) is 11.4 Å². The van der Waals surface area contributed by atoms with Gasteiger partial charge in [-0.3, -0.25) is 4.79 Å². The number of carbonyl (C=O) groups excluding carboxylic acids is 1. The molecule has 1 aromatic heterocycles. The van der Waals surface area contributed by atoms with Gasteiger partial charge in [-0.2, -0.15) is 5.10 Å². The van der Waals surface area contributed by atoms with Crippen molar-refractivity contribution in [3.05, 3.63) is 76.4 Å². The van der Waals surface area contributed by atoms with Gasteiger partial charge in [0, 0.05) is 22.4 Å². The van der Waals surface area contributed by atoms with Crippen molar-refractivity contribution in [1.29, 1.82) is 0 Å². The molecule has 0 aliphatic carbocycles. The maximum atomic E-state index is 12.5. The molecule has 0 aliphatic rings. The number of benzene rings is 2. The first-order valence-electron chi connectivity index (χ1n) is 7.71. The van der Waals surface area contributed by atoms with Crippen LogP contribution < -0.4 is 5.32 Å². The summed E-state index contributed by atoms with van der Waals surface area (Å²) in [5.74, 6) is 0.125. The Morgan fingerprint density at radius 2 is 1.92 bits per heavy atom. The predicted molar refractivity (Wildman–Crippen MR) is 103 cm³/mol. The summed E-state index contributed by atoms with van der Waals surface area (Å²) in [6.45, 7) is 0.480. The summed E-state index contributed by atoms with van der Waals surface area (Å²) >= 11 is 3.50. The van der Waals surface area contributed by atoms with E-state index >= 15 is 0 Å². The molecule has 3 rings (SSSR count). The molecule has 0 radical (unpaired) electrons. The summed E-state index contributed by atoms with van der Waals surface area (Å²) in [4.78, 5) is 12.6. The number of nitrogens with zero attached hydrogens (tertiary/aromatic N) is 2. The van der Waals surface area contributed by atoms with E-state index in [9.17, 15) is 13.2 Å². The van der Waals surface area contributed by atoms with Crippen LogP contribution in [0.25, 0.3) is 0 Å². The first kappa shape index (κ1) is 18.3. The summed E-state index contributed by atoms with van der Waals surface area (Å²) in [6, 6.07) is 15.4. The highest BCUT2D eigenvalue weighted by molar-refractivity contribution is 9.10. The Kier molecular flexibility index (Phi) is 5.24. The lowest BCUT2D eigenvalue weighted by Gasteiger charge is -2.10. The van der Waals surface area contributed by atoms with E-state index in [0.29, 0.717) is 12.4 Å². The second-order valence-corrected chi connectivity index (χ2v) is 8.59. The highest BCUT2D eigenvalue weighted by Crippen LogP contribution is 2.19. The van der Waals surface area contributed by atoms with Crippen LogP contribution in [-0.4, -0.2) is 30.4 Å². The van der Waals surface area contributed by atoms with Gasteiger partial charge in [-0.15, -0.1) is 0 Å². The number of sulfone groups is 1. The van der Waals surface area contributed by atoms with Crippen molar-refractivity contribution in [2.24, 2.45) is 0 Å². The van der Waals surface area contributed by atoms with Crippen LogP contribution in [0.3, 0.4) is 0 Å². The quantitative estimate of drug-likeness (QED) is 0.668. The third-order valence-corrected chi connectivity index (χ3v) is 5.64. The smallest absolute Gasteiger partial charge is 0.256 e. The van der Waals surface area contributed by atoms with Crippen molar-refractivity contribution >= 4 is 37.5 Å². The Hall–Kier alpha value is -2.45. The molecule has 1 N–H and O–H groups in total. The summed E-state index contributed by atoms with van der Waals surface area (Å²) in [5.41, 5.74) is 1.28. The Morgan fingerprint density at radius 1 is 1.15 bits per heavy atom. The van der Waals surface area contributed by atoms with Crippen molar-refractivity contribution < 1.29 is 13.2 Å². The minimum absolute atomic E-state index is 0.104. The molecule has 1 heterocycles. The lowest BCUT2D eigenvalue weighted by Crippen LogP contribution is -2.16. The van der Waals surface area contributed by atoms with Gasteiger partial charge in [0.05, 0.1) is 17.6 Å². The molecule has 1 amide bonds. The zero-order valence-electron chi connectivity index (χ0n) is 13.9. The average Bonchev–Trinajstić information content (AvgIpc) is 3.03. The average molecular weight is 434 g/mol. The van der Waals surface area contributed by atoms with Crippen LogP contribution in [0.2, 0.25) is 0 Å². The highest BCUT2D eigenvalue weighted by Gasteiger charge is 2.14. The number of carbonyl (C=O) groups is 1. The topological polar surface area (TPSA) is 81.1 Å². The minimum atomic E-state index is -3.38. The van der Waals surface area contributed by atoms with Crippen LogP contribution in [0, 0.1) is 0 Å². The van der Waals surface area contributed by atoms with E-state index in [-0.39, 0.29) is 10.5 Å². The third kappa shape index (κ3) is 4.20. The van der Waals surface area contributed by atoms with Gasteiger partial charge >= 0.3 is 0 Å². The van der Waals surface area contributed by atoms with E-state index in [1.54, 1.807) is 29.1 Å². The highest BCUT2D eigenvalue weighted by atomic mass is 79.9. The number of anilines is 1. The number of rotatable bonds is 5. The van der Waals surface area contributed by atoms with Gasteiger partial charge in [0.25, 0.3) is 5.91 Å². The number of aromatic nitrogens is 2. The zero-order chi connectivity index (χ0) is 18.7. The normalized spacial score (nSPS) is 11.3. The standard InChI is InChI=1S/C18H16BrN3O3S/c1-26(24,25)15-7-4-6-13(11-15)18(23)21-17-9-10-20-22(17)12-14-5-2-3-8-16(14)19/h2-11H,12H2,1H3,(H,21,23). The van der Waals surface area contributed by atoms with E-state index in [0.717, 1.165) is 16.3 Å². The molecule has 8 heteroatoms. The number of hydrogen-bond donors (Lipinski definition) is 1. The fourth-order valence-electron chi connectivity index (χ4n) is 2.41. The predicted octanol–water partition coefficient (Wildman–Crippen LogP) is 3.35. The van der Waals surface area contributed by atoms with Crippen molar-refractivity contribution in [2.75, 3.05) is 11.6 Å². The lowest BCUT2D eigenvalue weighted by molar-refractivity contribution is 0.102.